The Hall–Kier alpha value is -3.29. The number of aromatic nitrogens is 2. The standard InChI is InChI=1S/C24H24F3N3O2/c1-32-20-7-4-6-18(13-20)23(31)30(14-17-9-10-17)16-22-28-11-12-29(22)15-19-5-2-3-8-21(19)24(25,26)27/h2-8,11-13,17H,9-10,14-16H2,1H3. The molecule has 1 aliphatic rings. The van der Waals surface area contributed by atoms with Gasteiger partial charge in [0.15, 0.2) is 0 Å². The molecule has 1 saturated carbocycles. The Morgan fingerprint density at radius 3 is 2.69 bits per heavy atom. The molecule has 0 atom stereocenters. The van der Waals surface area contributed by atoms with E-state index < -0.39 is 11.7 Å². The van der Waals surface area contributed by atoms with E-state index in [2.05, 4.69) is 4.98 Å². The van der Waals surface area contributed by atoms with Gasteiger partial charge in [0, 0.05) is 31.0 Å². The van der Waals surface area contributed by atoms with Crippen LogP contribution in [0, 0.1) is 5.92 Å². The van der Waals surface area contributed by atoms with Crippen molar-refractivity contribution in [3.05, 3.63) is 83.4 Å². The number of hydrogen-bond acceptors (Lipinski definition) is 3. The van der Waals surface area contributed by atoms with E-state index in [9.17, 15) is 18.0 Å². The molecule has 32 heavy (non-hydrogen) atoms. The predicted molar refractivity (Wildman–Crippen MR) is 113 cm³/mol. The number of hydrogen-bond donors (Lipinski definition) is 0. The molecule has 1 aliphatic carbocycles. The zero-order valence-electron chi connectivity index (χ0n) is 17.7. The quantitative estimate of drug-likeness (QED) is 0.492. The van der Waals surface area contributed by atoms with Crippen molar-refractivity contribution in [3.63, 3.8) is 0 Å². The maximum Gasteiger partial charge on any atom is 0.416 e. The molecular weight excluding hydrogens is 419 g/mol. The highest BCUT2D eigenvalue weighted by Gasteiger charge is 2.33. The van der Waals surface area contributed by atoms with Crippen molar-refractivity contribution in [1.29, 1.82) is 0 Å². The van der Waals surface area contributed by atoms with Gasteiger partial charge < -0.3 is 14.2 Å². The number of imidazole rings is 1. The number of nitrogens with zero attached hydrogens (tertiary/aromatic N) is 3. The van der Waals surface area contributed by atoms with Crippen LogP contribution in [0.4, 0.5) is 13.2 Å². The van der Waals surface area contributed by atoms with E-state index in [1.54, 1.807) is 59.3 Å². The summed E-state index contributed by atoms with van der Waals surface area (Å²) in [6.45, 7) is 0.825. The molecule has 168 valence electrons. The van der Waals surface area contributed by atoms with Crippen LogP contribution in [0.2, 0.25) is 0 Å². The van der Waals surface area contributed by atoms with Gasteiger partial charge in [-0.25, -0.2) is 4.98 Å². The first kappa shape index (κ1) is 21.9. The topological polar surface area (TPSA) is 47.4 Å². The van der Waals surface area contributed by atoms with Crippen LogP contribution in [0.5, 0.6) is 5.75 Å². The van der Waals surface area contributed by atoms with E-state index >= 15 is 0 Å². The lowest BCUT2D eigenvalue weighted by molar-refractivity contribution is -0.138. The molecule has 0 unspecified atom stereocenters. The number of alkyl halides is 3. The SMILES string of the molecule is COc1cccc(C(=O)N(Cc2nccn2Cc2ccccc2C(F)(F)F)CC2CC2)c1. The number of carbonyl (C=O) groups is 1. The van der Waals surface area contributed by atoms with Crippen molar-refractivity contribution < 1.29 is 22.7 Å². The highest BCUT2D eigenvalue weighted by molar-refractivity contribution is 5.94. The van der Waals surface area contributed by atoms with Crippen LogP contribution in [0.1, 0.15) is 40.2 Å². The third-order valence-electron chi connectivity index (χ3n) is 5.58. The van der Waals surface area contributed by atoms with E-state index in [4.69, 9.17) is 4.74 Å². The second kappa shape index (κ2) is 9.06. The van der Waals surface area contributed by atoms with Crippen molar-refractivity contribution in [1.82, 2.24) is 14.5 Å². The minimum absolute atomic E-state index is 0.0234. The number of methoxy groups -OCH3 is 1. The lowest BCUT2D eigenvalue weighted by atomic mass is 10.1. The van der Waals surface area contributed by atoms with Crippen LogP contribution >= 0.6 is 0 Å². The molecule has 1 heterocycles. The van der Waals surface area contributed by atoms with Gasteiger partial charge in [-0.3, -0.25) is 4.79 Å². The van der Waals surface area contributed by atoms with Gasteiger partial charge in [-0.2, -0.15) is 13.2 Å². The van der Waals surface area contributed by atoms with E-state index in [1.165, 1.54) is 12.1 Å². The Morgan fingerprint density at radius 2 is 1.97 bits per heavy atom. The third-order valence-corrected chi connectivity index (χ3v) is 5.58. The van der Waals surface area contributed by atoms with Gasteiger partial charge in [0.05, 0.1) is 19.2 Å². The first-order chi connectivity index (χ1) is 15.3. The van der Waals surface area contributed by atoms with Gasteiger partial charge in [-0.15, -0.1) is 0 Å². The number of ether oxygens (including phenoxy) is 1. The molecule has 0 N–H and O–H groups in total. The largest absolute Gasteiger partial charge is 0.497 e. The molecule has 0 bridgehead atoms. The van der Waals surface area contributed by atoms with Crippen molar-refractivity contribution >= 4 is 5.91 Å². The molecule has 0 spiro atoms. The fourth-order valence-electron chi connectivity index (χ4n) is 3.69. The number of amides is 1. The van der Waals surface area contributed by atoms with Crippen molar-refractivity contribution in [3.8, 4) is 5.75 Å². The summed E-state index contributed by atoms with van der Waals surface area (Å²) in [5.41, 5.74) is -0.000387. The lowest BCUT2D eigenvalue weighted by Gasteiger charge is -2.23. The summed E-state index contributed by atoms with van der Waals surface area (Å²) in [5, 5.41) is 0. The molecule has 0 aliphatic heterocycles. The summed E-state index contributed by atoms with van der Waals surface area (Å²) < 4.78 is 47.1. The molecule has 0 saturated heterocycles. The van der Waals surface area contributed by atoms with Crippen LogP contribution in [0.15, 0.2) is 60.9 Å². The highest BCUT2D eigenvalue weighted by Crippen LogP contribution is 2.33. The zero-order valence-corrected chi connectivity index (χ0v) is 17.7. The minimum atomic E-state index is -4.43. The molecule has 2 aromatic carbocycles. The summed E-state index contributed by atoms with van der Waals surface area (Å²) in [6, 6.07) is 12.5. The molecule has 1 fully saturated rings. The van der Waals surface area contributed by atoms with Crippen molar-refractivity contribution in [2.45, 2.75) is 32.1 Å². The van der Waals surface area contributed by atoms with Gasteiger partial charge in [0.2, 0.25) is 0 Å². The predicted octanol–water partition coefficient (Wildman–Crippen LogP) is 5.01. The molecule has 1 amide bonds. The maximum absolute atomic E-state index is 13.4. The van der Waals surface area contributed by atoms with Crippen molar-refractivity contribution in [2.75, 3.05) is 13.7 Å². The number of halogens is 3. The summed E-state index contributed by atoms with van der Waals surface area (Å²) in [4.78, 5) is 19.3. The molecule has 5 nitrogen and oxygen atoms in total. The van der Waals surface area contributed by atoms with Gasteiger partial charge in [-0.05, 0) is 48.6 Å². The highest BCUT2D eigenvalue weighted by atomic mass is 19.4. The smallest absolute Gasteiger partial charge is 0.416 e. The van der Waals surface area contributed by atoms with Gasteiger partial charge in [0.25, 0.3) is 5.91 Å². The van der Waals surface area contributed by atoms with E-state index in [0.717, 1.165) is 18.9 Å². The number of benzene rings is 2. The normalized spacial score (nSPS) is 13.8. The molecule has 0 radical (unpaired) electrons. The summed E-state index contributed by atoms with van der Waals surface area (Å²) in [6.07, 6.45) is 0.896. The Kier molecular flexibility index (Phi) is 6.21. The zero-order chi connectivity index (χ0) is 22.7. The molecule has 8 heteroatoms. The Labute approximate surface area is 184 Å². The Balaban J connectivity index is 1.57. The second-order valence-electron chi connectivity index (χ2n) is 7.99. The number of carbonyl (C=O) groups excluding carboxylic acids is 1. The van der Waals surface area contributed by atoms with Crippen LogP contribution in [-0.4, -0.2) is 34.0 Å². The fourth-order valence-corrected chi connectivity index (χ4v) is 3.69. The first-order valence-electron chi connectivity index (χ1n) is 10.4. The van der Waals surface area contributed by atoms with Crippen LogP contribution in [-0.2, 0) is 19.3 Å². The molecule has 4 rings (SSSR count). The average molecular weight is 443 g/mol. The monoisotopic (exact) mass is 443 g/mol. The average Bonchev–Trinajstić information content (AvgIpc) is 3.50. The fraction of sp³-hybridized carbons (Fsp3) is 0.333. The van der Waals surface area contributed by atoms with E-state index in [1.807, 2.05) is 0 Å². The first-order valence-corrected chi connectivity index (χ1v) is 10.4. The summed E-state index contributed by atoms with van der Waals surface area (Å²) in [5.74, 6) is 1.42. The van der Waals surface area contributed by atoms with Crippen LogP contribution < -0.4 is 4.74 Å². The Morgan fingerprint density at radius 1 is 1.19 bits per heavy atom. The Bertz CT molecular complexity index is 1090. The van der Waals surface area contributed by atoms with E-state index in [0.29, 0.717) is 29.6 Å². The summed E-state index contributed by atoms with van der Waals surface area (Å²) >= 11 is 0. The van der Waals surface area contributed by atoms with Gasteiger partial charge in [-0.1, -0.05) is 24.3 Å². The van der Waals surface area contributed by atoms with E-state index in [-0.39, 0.29) is 24.6 Å². The summed E-state index contributed by atoms with van der Waals surface area (Å²) in [7, 11) is 1.54. The van der Waals surface area contributed by atoms with Gasteiger partial charge >= 0.3 is 6.18 Å². The molecule has 1 aromatic heterocycles. The maximum atomic E-state index is 13.4. The van der Waals surface area contributed by atoms with Crippen molar-refractivity contribution in [2.24, 2.45) is 5.92 Å². The van der Waals surface area contributed by atoms with Gasteiger partial charge in [0.1, 0.15) is 11.6 Å². The molecule has 3 aromatic rings. The second-order valence-corrected chi connectivity index (χ2v) is 7.99. The van der Waals surface area contributed by atoms with Crippen LogP contribution in [0.25, 0.3) is 0 Å². The van der Waals surface area contributed by atoms with Crippen LogP contribution in [0.3, 0.4) is 0 Å². The molecular formula is C24H24F3N3O2. The minimum Gasteiger partial charge on any atom is -0.497 e. The number of rotatable bonds is 8. The lowest BCUT2D eigenvalue weighted by Crippen LogP contribution is -2.33. The third kappa shape index (κ3) is 5.12.